The normalized spacial score (nSPS) is 10.4. The second kappa shape index (κ2) is 9.89. The van der Waals surface area contributed by atoms with E-state index in [9.17, 15) is 9.59 Å². The van der Waals surface area contributed by atoms with Crippen molar-refractivity contribution in [3.63, 3.8) is 0 Å². The van der Waals surface area contributed by atoms with Gasteiger partial charge in [-0.05, 0) is 60.9 Å². The first kappa shape index (κ1) is 21.3. The number of carbonyl (C=O) groups excluding carboxylic acids is 2. The van der Waals surface area contributed by atoms with Gasteiger partial charge in [-0.2, -0.15) is 0 Å². The van der Waals surface area contributed by atoms with Gasteiger partial charge in [0, 0.05) is 24.0 Å². The second-order valence-electron chi connectivity index (χ2n) is 6.80. The van der Waals surface area contributed by atoms with Gasteiger partial charge in [0.25, 0.3) is 11.8 Å². The number of anilines is 1. The van der Waals surface area contributed by atoms with E-state index in [0.29, 0.717) is 28.6 Å². The molecule has 1 aromatic heterocycles. The van der Waals surface area contributed by atoms with Crippen LogP contribution in [0.25, 0.3) is 0 Å². The third-order valence-electron chi connectivity index (χ3n) is 4.40. The maximum Gasteiger partial charge on any atom is 0.262 e. The van der Waals surface area contributed by atoms with Crippen LogP contribution in [-0.4, -0.2) is 23.4 Å². The molecule has 0 radical (unpaired) electrons. The highest BCUT2D eigenvalue weighted by atomic mass is 35.5. The summed E-state index contributed by atoms with van der Waals surface area (Å²) in [6.45, 7) is 3.91. The Hall–Kier alpha value is -3.38. The molecule has 2 N–H and O–H groups in total. The SMILES string of the molecule is Cc1cc(OCC(=O)Nc2ccccc2C(=O)NCc2cccnc2)cc(C)c1Cl. The fraction of sp³-hybridized carbons (Fsp3) is 0.174. The van der Waals surface area contributed by atoms with Gasteiger partial charge < -0.3 is 15.4 Å². The lowest BCUT2D eigenvalue weighted by Crippen LogP contribution is -2.26. The van der Waals surface area contributed by atoms with Crippen LogP contribution in [0.2, 0.25) is 5.02 Å². The van der Waals surface area contributed by atoms with Crippen molar-refractivity contribution in [2.75, 3.05) is 11.9 Å². The number of benzene rings is 2. The predicted octanol–water partition coefficient (Wildman–Crippen LogP) is 4.30. The molecule has 30 heavy (non-hydrogen) atoms. The standard InChI is InChI=1S/C23H22ClN3O3/c1-15-10-18(11-16(2)22(15)24)30-14-21(28)27-20-8-4-3-7-19(20)23(29)26-13-17-6-5-9-25-12-17/h3-12H,13-14H2,1-2H3,(H,26,29)(H,27,28). The highest BCUT2D eigenvalue weighted by Crippen LogP contribution is 2.26. The summed E-state index contributed by atoms with van der Waals surface area (Å²) in [5.74, 6) is -0.0977. The third-order valence-corrected chi connectivity index (χ3v) is 5.00. The molecule has 0 aliphatic carbocycles. The molecule has 0 atom stereocenters. The van der Waals surface area contributed by atoms with Gasteiger partial charge in [-0.15, -0.1) is 0 Å². The minimum absolute atomic E-state index is 0.188. The monoisotopic (exact) mass is 423 g/mol. The van der Waals surface area contributed by atoms with Crippen LogP contribution < -0.4 is 15.4 Å². The number of hydrogen-bond acceptors (Lipinski definition) is 4. The van der Waals surface area contributed by atoms with Gasteiger partial charge in [-0.1, -0.05) is 29.8 Å². The number of aryl methyl sites for hydroxylation is 2. The molecular formula is C23H22ClN3O3. The number of nitrogens with zero attached hydrogens (tertiary/aromatic N) is 1. The number of para-hydroxylation sites is 1. The molecule has 154 valence electrons. The van der Waals surface area contributed by atoms with E-state index in [4.69, 9.17) is 16.3 Å². The molecule has 2 amide bonds. The molecule has 0 unspecified atom stereocenters. The van der Waals surface area contributed by atoms with Gasteiger partial charge in [0.2, 0.25) is 0 Å². The van der Waals surface area contributed by atoms with Crippen LogP contribution in [0.1, 0.15) is 27.0 Å². The van der Waals surface area contributed by atoms with E-state index >= 15 is 0 Å². The average molecular weight is 424 g/mol. The van der Waals surface area contributed by atoms with E-state index in [1.54, 1.807) is 54.9 Å². The number of aromatic nitrogens is 1. The number of rotatable bonds is 7. The highest BCUT2D eigenvalue weighted by Gasteiger charge is 2.14. The number of amides is 2. The van der Waals surface area contributed by atoms with E-state index < -0.39 is 0 Å². The quantitative estimate of drug-likeness (QED) is 0.593. The molecule has 1 heterocycles. The van der Waals surface area contributed by atoms with Gasteiger partial charge >= 0.3 is 0 Å². The molecule has 0 fully saturated rings. The van der Waals surface area contributed by atoms with Crippen molar-refractivity contribution < 1.29 is 14.3 Å². The van der Waals surface area contributed by atoms with Gasteiger partial charge in [0.05, 0.1) is 11.3 Å². The van der Waals surface area contributed by atoms with E-state index in [1.807, 2.05) is 19.9 Å². The number of halogens is 1. The Labute approximate surface area is 180 Å². The van der Waals surface area contributed by atoms with Crippen molar-refractivity contribution in [1.82, 2.24) is 10.3 Å². The van der Waals surface area contributed by atoms with Crippen molar-refractivity contribution in [2.24, 2.45) is 0 Å². The average Bonchev–Trinajstić information content (AvgIpc) is 2.75. The summed E-state index contributed by atoms with van der Waals surface area (Å²) >= 11 is 6.16. The first-order valence-corrected chi connectivity index (χ1v) is 9.77. The summed E-state index contributed by atoms with van der Waals surface area (Å²) < 4.78 is 5.58. The van der Waals surface area contributed by atoms with Crippen molar-refractivity contribution in [2.45, 2.75) is 20.4 Å². The predicted molar refractivity (Wildman–Crippen MR) is 117 cm³/mol. The molecule has 0 saturated carbocycles. The molecule has 6 nitrogen and oxygen atoms in total. The summed E-state index contributed by atoms with van der Waals surface area (Å²) in [6.07, 6.45) is 3.36. The van der Waals surface area contributed by atoms with E-state index in [-0.39, 0.29) is 18.4 Å². The second-order valence-corrected chi connectivity index (χ2v) is 7.18. The summed E-state index contributed by atoms with van der Waals surface area (Å²) in [4.78, 5) is 29.0. The molecule has 0 aliphatic rings. The van der Waals surface area contributed by atoms with Crippen LogP contribution in [0.15, 0.2) is 60.9 Å². The van der Waals surface area contributed by atoms with Crippen LogP contribution in [-0.2, 0) is 11.3 Å². The van der Waals surface area contributed by atoms with Gasteiger partial charge in [-0.3, -0.25) is 14.6 Å². The van der Waals surface area contributed by atoms with Gasteiger partial charge in [0.1, 0.15) is 5.75 Å². The summed E-state index contributed by atoms with van der Waals surface area (Å²) in [5.41, 5.74) is 3.42. The van der Waals surface area contributed by atoms with E-state index in [1.165, 1.54) is 0 Å². The number of nitrogens with one attached hydrogen (secondary N) is 2. The molecule has 3 rings (SSSR count). The van der Waals surface area contributed by atoms with Gasteiger partial charge in [0.15, 0.2) is 6.61 Å². The van der Waals surface area contributed by atoms with E-state index in [0.717, 1.165) is 16.7 Å². The Morgan fingerprint density at radius 2 is 1.80 bits per heavy atom. The third kappa shape index (κ3) is 5.58. The smallest absolute Gasteiger partial charge is 0.262 e. The Morgan fingerprint density at radius 1 is 1.07 bits per heavy atom. The lowest BCUT2D eigenvalue weighted by molar-refractivity contribution is -0.118. The van der Waals surface area contributed by atoms with Crippen molar-refractivity contribution >= 4 is 29.1 Å². The zero-order valence-electron chi connectivity index (χ0n) is 16.7. The van der Waals surface area contributed by atoms with Crippen molar-refractivity contribution in [3.05, 3.63) is 88.2 Å². The van der Waals surface area contributed by atoms with Crippen LogP contribution in [0.5, 0.6) is 5.75 Å². The Bertz CT molecular complexity index is 1030. The first-order chi connectivity index (χ1) is 14.4. The number of carbonyl (C=O) groups is 2. The van der Waals surface area contributed by atoms with E-state index in [2.05, 4.69) is 15.6 Å². The molecule has 3 aromatic rings. The topological polar surface area (TPSA) is 80.3 Å². The van der Waals surface area contributed by atoms with Crippen LogP contribution >= 0.6 is 11.6 Å². The Balaban J connectivity index is 1.61. The number of pyridine rings is 1. The molecule has 2 aromatic carbocycles. The van der Waals surface area contributed by atoms with Crippen LogP contribution in [0.3, 0.4) is 0 Å². The fourth-order valence-corrected chi connectivity index (χ4v) is 3.00. The zero-order chi connectivity index (χ0) is 21.5. The minimum Gasteiger partial charge on any atom is -0.484 e. The minimum atomic E-state index is -0.368. The zero-order valence-corrected chi connectivity index (χ0v) is 17.5. The lowest BCUT2D eigenvalue weighted by Gasteiger charge is -2.13. The van der Waals surface area contributed by atoms with Crippen molar-refractivity contribution in [1.29, 1.82) is 0 Å². The molecule has 0 saturated heterocycles. The summed E-state index contributed by atoms with van der Waals surface area (Å²) in [5, 5.41) is 6.25. The van der Waals surface area contributed by atoms with Crippen LogP contribution in [0, 0.1) is 13.8 Å². The first-order valence-electron chi connectivity index (χ1n) is 9.39. The molecule has 0 bridgehead atoms. The van der Waals surface area contributed by atoms with Crippen LogP contribution in [0.4, 0.5) is 5.69 Å². The highest BCUT2D eigenvalue weighted by molar-refractivity contribution is 6.32. The summed E-state index contributed by atoms with van der Waals surface area (Å²) in [6, 6.07) is 14.1. The molecule has 0 spiro atoms. The largest absolute Gasteiger partial charge is 0.484 e. The molecule has 0 aliphatic heterocycles. The fourth-order valence-electron chi connectivity index (χ4n) is 2.90. The maximum atomic E-state index is 12.6. The maximum absolute atomic E-state index is 12.6. The molecular weight excluding hydrogens is 402 g/mol. The lowest BCUT2D eigenvalue weighted by atomic mass is 10.1. The van der Waals surface area contributed by atoms with Gasteiger partial charge in [-0.25, -0.2) is 0 Å². The Morgan fingerprint density at radius 3 is 2.50 bits per heavy atom. The number of hydrogen-bond donors (Lipinski definition) is 2. The Kier molecular flexibility index (Phi) is 7.03. The molecule has 7 heteroatoms. The summed E-state index contributed by atoms with van der Waals surface area (Å²) in [7, 11) is 0. The number of ether oxygens (including phenoxy) is 1. The van der Waals surface area contributed by atoms with Crippen molar-refractivity contribution in [3.8, 4) is 5.75 Å².